The minimum absolute atomic E-state index is 0.0469. The van der Waals surface area contributed by atoms with E-state index in [2.05, 4.69) is 19.8 Å². The smallest absolute Gasteiger partial charge is 0.481 e. The van der Waals surface area contributed by atoms with Crippen LogP contribution in [-0.4, -0.2) is 29.3 Å². The van der Waals surface area contributed by atoms with Crippen molar-refractivity contribution in [3.63, 3.8) is 0 Å². The van der Waals surface area contributed by atoms with E-state index in [-0.39, 0.29) is 17.4 Å². The molecular weight excluding hydrogens is 468 g/mol. The van der Waals surface area contributed by atoms with Gasteiger partial charge in [-0.15, -0.1) is 8.78 Å². The third-order valence-corrected chi connectivity index (χ3v) is 6.30. The van der Waals surface area contributed by atoms with Gasteiger partial charge < -0.3 is 19.5 Å². The molecule has 9 heteroatoms. The molecular formula is C27H29F2N3O4. The highest BCUT2D eigenvalue weighted by Crippen LogP contribution is 2.52. The second kappa shape index (κ2) is 9.72. The Kier molecular flexibility index (Phi) is 6.84. The molecule has 0 spiro atoms. The van der Waals surface area contributed by atoms with Crippen molar-refractivity contribution in [2.45, 2.75) is 58.7 Å². The van der Waals surface area contributed by atoms with Gasteiger partial charge in [0, 0.05) is 17.3 Å². The zero-order valence-electron chi connectivity index (χ0n) is 20.9. The number of amides is 1. The number of carbonyl (C=O) groups is 1. The van der Waals surface area contributed by atoms with Crippen LogP contribution in [0.4, 0.5) is 14.6 Å². The first-order chi connectivity index (χ1) is 17.3. The molecule has 3 heterocycles. The first-order valence-corrected chi connectivity index (χ1v) is 12.0. The number of fused-ring (bicyclic) bond motifs is 1. The lowest BCUT2D eigenvalue weighted by Gasteiger charge is -2.17. The van der Waals surface area contributed by atoms with Gasteiger partial charge in [-0.1, -0.05) is 32.9 Å². The Morgan fingerprint density at radius 1 is 1.11 bits per heavy atom. The molecule has 0 saturated heterocycles. The number of nitrogens with one attached hydrogen (secondary N) is 1. The first kappa shape index (κ1) is 25.3. The fraction of sp³-hybridized carbons (Fsp3) is 0.370. The van der Waals surface area contributed by atoms with Gasteiger partial charge in [-0.3, -0.25) is 4.79 Å². The molecule has 1 aromatic carbocycles. The lowest BCUT2D eigenvalue weighted by molar-refractivity contribution is -0.286. The minimum atomic E-state index is -3.70. The maximum absolute atomic E-state index is 13.4. The molecule has 0 atom stereocenters. The molecule has 3 aromatic rings. The fourth-order valence-corrected chi connectivity index (χ4v) is 4.34. The van der Waals surface area contributed by atoms with Crippen molar-refractivity contribution < 1.29 is 27.8 Å². The number of carbonyl (C=O) groups excluding carboxylic acids is 1. The summed E-state index contributed by atoms with van der Waals surface area (Å²) in [6, 6.07) is 10.0. The molecule has 0 bridgehead atoms. The molecule has 2 aromatic heterocycles. The summed E-state index contributed by atoms with van der Waals surface area (Å²) < 4.78 is 41.2. The quantitative estimate of drug-likeness (QED) is 0.447. The average molecular weight is 498 g/mol. The van der Waals surface area contributed by atoms with Gasteiger partial charge in [0.25, 0.3) is 0 Å². The average Bonchev–Trinajstić information content (AvgIpc) is 3.63. The van der Waals surface area contributed by atoms with E-state index in [9.17, 15) is 13.6 Å². The van der Waals surface area contributed by atoms with Crippen LogP contribution in [0.5, 0.6) is 17.4 Å². The molecule has 0 radical (unpaired) electrons. The number of methoxy groups -OCH3 is 1. The molecule has 1 amide bonds. The second-order valence-corrected chi connectivity index (χ2v) is 8.43. The van der Waals surface area contributed by atoms with Crippen LogP contribution in [0.2, 0.25) is 0 Å². The highest BCUT2D eigenvalue weighted by atomic mass is 19.3. The first-order valence-electron chi connectivity index (χ1n) is 12.0. The van der Waals surface area contributed by atoms with Crippen molar-refractivity contribution in [2.75, 3.05) is 12.4 Å². The number of alkyl halides is 2. The number of pyridine rings is 2. The molecule has 1 N–H and O–H groups in total. The normalized spacial score (nSPS) is 16.0. The number of halogens is 2. The molecule has 1 aliphatic heterocycles. The molecule has 1 saturated carbocycles. The third kappa shape index (κ3) is 4.57. The van der Waals surface area contributed by atoms with Gasteiger partial charge in [0.1, 0.15) is 5.82 Å². The molecule has 1 aliphatic carbocycles. The van der Waals surface area contributed by atoms with Gasteiger partial charge in [-0.05, 0) is 61.6 Å². The summed E-state index contributed by atoms with van der Waals surface area (Å²) in [7, 11) is 1.58. The number of rotatable bonds is 6. The molecule has 7 nitrogen and oxygen atoms in total. The second-order valence-electron chi connectivity index (χ2n) is 8.43. The third-order valence-electron chi connectivity index (χ3n) is 6.30. The van der Waals surface area contributed by atoms with E-state index in [4.69, 9.17) is 9.72 Å². The van der Waals surface area contributed by atoms with Gasteiger partial charge >= 0.3 is 6.29 Å². The summed E-state index contributed by atoms with van der Waals surface area (Å²) in [6.45, 7) is 7.97. The monoisotopic (exact) mass is 497 g/mol. The van der Waals surface area contributed by atoms with Crippen molar-refractivity contribution in [3.05, 3.63) is 59.3 Å². The Balaban J connectivity index is 0.00000148. The number of aryl methyl sites for hydroxylation is 1. The van der Waals surface area contributed by atoms with Gasteiger partial charge in [0.05, 0.1) is 18.2 Å². The summed E-state index contributed by atoms with van der Waals surface area (Å²) in [5.41, 5.74) is 3.27. The van der Waals surface area contributed by atoms with Crippen molar-refractivity contribution in [1.29, 1.82) is 0 Å². The zero-order valence-corrected chi connectivity index (χ0v) is 20.9. The summed E-state index contributed by atoms with van der Waals surface area (Å²) in [5.74, 6) is 0.580. The summed E-state index contributed by atoms with van der Waals surface area (Å²) in [5, 5.41) is 2.91. The van der Waals surface area contributed by atoms with Crippen LogP contribution >= 0.6 is 0 Å². The number of hydrogen-bond donors (Lipinski definition) is 1. The van der Waals surface area contributed by atoms with Crippen LogP contribution in [0.25, 0.3) is 11.3 Å². The minimum Gasteiger partial charge on any atom is -0.481 e. The highest BCUT2D eigenvalue weighted by Gasteiger charge is 2.53. The maximum Gasteiger partial charge on any atom is 0.586 e. The van der Waals surface area contributed by atoms with E-state index < -0.39 is 11.7 Å². The molecule has 5 rings (SSSR count). The number of aromatic nitrogens is 2. The lowest BCUT2D eigenvalue weighted by Crippen LogP contribution is -2.28. The lowest BCUT2D eigenvalue weighted by atomic mass is 9.94. The maximum atomic E-state index is 13.4. The Labute approximate surface area is 208 Å². The van der Waals surface area contributed by atoms with Crippen molar-refractivity contribution >= 4 is 11.7 Å². The van der Waals surface area contributed by atoms with E-state index in [0.717, 1.165) is 22.4 Å². The summed E-state index contributed by atoms with van der Waals surface area (Å²) >= 11 is 0. The van der Waals surface area contributed by atoms with E-state index in [0.29, 0.717) is 36.5 Å². The van der Waals surface area contributed by atoms with Crippen LogP contribution in [-0.2, 0) is 16.6 Å². The Bertz CT molecular complexity index is 1290. The van der Waals surface area contributed by atoms with Crippen molar-refractivity contribution in [3.8, 4) is 28.6 Å². The van der Waals surface area contributed by atoms with E-state index in [1.807, 2.05) is 39.8 Å². The largest absolute Gasteiger partial charge is 0.586 e. The molecule has 1 fully saturated rings. The van der Waals surface area contributed by atoms with E-state index in [1.54, 1.807) is 25.4 Å². The van der Waals surface area contributed by atoms with Gasteiger partial charge in [0.2, 0.25) is 11.8 Å². The summed E-state index contributed by atoms with van der Waals surface area (Å²) in [6.07, 6.45) is -0.141. The predicted octanol–water partition coefficient (Wildman–Crippen LogP) is 6.04. The fourth-order valence-electron chi connectivity index (χ4n) is 4.34. The predicted molar refractivity (Wildman–Crippen MR) is 132 cm³/mol. The molecule has 2 aliphatic rings. The number of ether oxygens (including phenoxy) is 3. The molecule has 190 valence electrons. The van der Waals surface area contributed by atoms with Crippen LogP contribution < -0.4 is 19.5 Å². The topological polar surface area (TPSA) is 82.6 Å². The Morgan fingerprint density at radius 2 is 1.83 bits per heavy atom. The van der Waals surface area contributed by atoms with Crippen LogP contribution in [0.3, 0.4) is 0 Å². The van der Waals surface area contributed by atoms with Crippen LogP contribution in [0.1, 0.15) is 50.3 Å². The van der Waals surface area contributed by atoms with E-state index >= 15 is 0 Å². The number of hydrogen-bond acceptors (Lipinski definition) is 6. The SMILES string of the molecule is CC.CCc1c(-c2nc(NC(=O)C3(c4ccc5c(c4)OC(F)(F)O5)CC3)ccc2C)ccnc1OC. The number of nitrogens with zero attached hydrogens (tertiary/aromatic N) is 2. The number of anilines is 1. The summed E-state index contributed by atoms with van der Waals surface area (Å²) in [4.78, 5) is 22.3. The zero-order chi connectivity index (χ0) is 26.1. The Hall–Kier alpha value is -3.75. The van der Waals surface area contributed by atoms with E-state index in [1.165, 1.54) is 12.1 Å². The Morgan fingerprint density at radius 3 is 2.50 bits per heavy atom. The van der Waals surface area contributed by atoms with Gasteiger partial charge in [0.15, 0.2) is 11.5 Å². The van der Waals surface area contributed by atoms with Crippen LogP contribution in [0, 0.1) is 6.92 Å². The number of benzene rings is 1. The van der Waals surface area contributed by atoms with Crippen LogP contribution in [0.15, 0.2) is 42.6 Å². The molecule has 36 heavy (non-hydrogen) atoms. The standard InChI is InChI=1S/C25H23F2N3O4.C2H6/c1-4-16-17(9-12-28-22(16)32-3)21-14(2)5-8-20(29-21)30-23(31)24(10-11-24)15-6-7-18-19(13-15)34-25(26,27)33-18;1-2/h5-9,12-13H,4,10-11H2,1-3H3,(H,29,30,31);1-2H3. The van der Waals surface area contributed by atoms with Crippen molar-refractivity contribution in [1.82, 2.24) is 9.97 Å². The highest BCUT2D eigenvalue weighted by molar-refractivity contribution is 6.01. The van der Waals surface area contributed by atoms with Gasteiger partial charge in [-0.25, -0.2) is 9.97 Å². The van der Waals surface area contributed by atoms with Gasteiger partial charge in [-0.2, -0.15) is 0 Å². The molecule has 0 unspecified atom stereocenters. The van der Waals surface area contributed by atoms with Crippen molar-refractivity contribution in [2.24, 2.45) is 0 Å².